The number of hydrogen-bond acceptors (Lipinski definition) is 5. The van der Waals surface area contributed by atoms with Crippen LogP contribution in [0, 0.1) is 5.82 Å². The maximum Gasteiger partial charge on any atom is 0.241 e. The van der Waals surface area contributed by atoms with Gasteiger partial charge in [-0.05, 0) is 23.8 Å². The lowest BCUT2D eigenvalue weighted by molar-refractivity contribution is 0.206. The van der Waals surface area contributed by atoms with E-state index in [4.69, 9.17) is 21.1 Å². The monoisotopic (exact) mass is 298 g/mol. The Balaban J connectivity index is 2.44. The molecule has 20 heavy (non-hydrogen) atoms. The highest BCUT2D eigenvalue weighted by Crippen LogP contribution is 2.29. The molecule has 2 aromatic rings. The molecule has 0 aliphatic rings. The summed E-state index contributed by atoms with van der Waals surface area (Å²) in [5.74, 6) is -0.209. The highest BCUT2D eigenvalue weighted by Gasteiger charge is 2.20. The van der Waals surface area contributed by atoms with Crippen LogP contribution in [-0.2, 0) is 0 Å². The van der Waals surface area contributed by atoms with Gasteiger partial charge < -0.3 is 14.6 Å². The van der Waals surface area contributed by atoms with Crippen molar-refractivity contribution in [3.63, 3.8) is 0 Å². The van der Waals surface area contributed by atoms with Gasteiger partial charge in [-0.1, -0.05) is 11.6 Å². The molecule has 0 saturated heterocycles. The molecule has 0 aliphatic carbocycles. The molecule has 1 aromatic heterocycles. The number of hydrogen-bond donors (Lipinski definition) is 1. The number of ether oxygens (including phenoxy) is 2. The predicted molar refractivity (Wildman–Crippen MR) is 70.6 cm³/mol. The van der Waals surface area contributed by atoms with Crippen molar-refractivity contribution in [1.29, 1.82) is 0 Å². The van der Waals surface area contributed by atoms with Crippen molar-refractivity contribution in [2.24, 2.45) is 0 Å². The highest BCUT2D eigenvalue weighted by atomic mass is 35.5. The average molecular weight is 299 g/mol. The minimum atomic E-state index is -1.21. The Morgan fingerprint density at radius 2 is 2.00 bits per heavy atom. The van der Waals surface area contributed by atoms with Crippen LogP contribution in [0.15, 0.2) is 24.4 Å². The molecule has 0 spiro atoms. The molecule has 1 atom stereocenters. The molecular weight excluding hydrogens is 287 g/mol. The van der Waals surface area contributed by atoms with E-state index in [1.54, 1.807) is 0 Å². The van der Waals surface area contributed by atoms with E-state index < -0.39 is 11.9 Å². The van der Waals surface area contributed by atoms with Gasteiger partial charge in [0.1, 0.15) is 17.6 Å². The van der Waals surface area contributed by atoms with Gasteiger partial charge in [0.05, 0.1) is 20.4 Å². The van der Waals surface area contributed by atoms with Crippen LogP contribution in [0.4, 0.5) is 4.39 Å². The molecular formula is C13H12ClFN2O3. The molecule has 106 valence electrons. The van der Waals surface area contributed by atoms with E-state index in [9.17, 15) is 9.50 Å². The van der Waals surface area contributed by atoms with Gasteiger partial charge in [-0.3, -0.25) is 0 Å². The molecule has 0 amide bonds. The number of halogens is 2. The van der Waals surface area contributed by atoms with Gasteiger partial charge in [0.25, 0.3) is 0 Å². The molecule has 0 radical (unpaired) electrons. The number of rotatable bonds is 4. The molecule has 1 heterocycles. The number of aromatic nitrogens is 2. The Hall–Kier alpha value is -1.92. The normalized spacial score (nSPS) is 12.1. The fourth-order valence-corrected chi connectivity index (χ4v) is 1.92. The van der Waals surface area contributed by atoms with E-state index in [0.29, 0.717) is 0 Å². The lowest BCUT2D eigenvalue weighted by atomic mass is 10.1. The first-order valence-electron chi connectivity index (χ1n) is 5.64. The van der Waals surface area contributed by atoms with E-state index in [-0.39, 0.29) is 28.0 Å². The third-order valence-electron chi connectivity index (χ3n) is 2.61. The van der Waals surface area contributed by atoms with Gasteiger partial charge >= 0.3 is 0 Å². The van der Waals surface area contributed by atoms with E-state index in [2.05, 4.69) is 9.97 Å². The first kappa shape index (κ1) is 14.5. The second-order valence-electron chi connectivity index (χ2n) is 3.91. The summed E-state index contributed by atoms with van der Waals surface area (Å²) in [6.07, 6.45) is 0.124. The topological polar surface area (TPSA) is 64.5 Å². The smallest absolute Gasteiger partial charge is 0.241 e. The number of benzene rings is 1. The first-order chi connectivity index (χ1) is 9.55. The van der Waals surface area contributed by atoms with E-state index in [0.717, 1.165) is 6.07 Å². The van der Waals surface area contributed by atoms with Crippen molar-refractivity contribution in [3.8, 4) is 11.8 Å². The lowest BCUT2D eigenvalue weighted by Gasteiger charge is -2.14. The standard InChI is InChI=1S/C13H12ClFN2O3/c1-19-10-6-16-11(13(17-10)20-2)12(18)7-3-8(14)5-9(15)4-7/h3-6,12,18H,1-2H3. The summed E-state index contributed by atoms with van der Waals surface area (Å²) in [4.78, 5) is 8.04. The average Bonchev–Trinajstić information content (AvgIpc) is 2.44. The SMILES string of the molecule is COc1cnc(C(O)c2cc(F)cc(Cl)c2)c(OC)n1. The molecule has 1 N–H and O–H groups in total. The van der Waals surface area contributed by atoms with Gasteiger partial charge in [0, 0.05) is 5.02 Å². The van der Waals surface area contributed by atoms with Gasteiger partial charge in [-0.2, -0.15) is 4.98 Å². The first-order valence-corrected chi connectivity index (χ1v) is 6.02. The third kappa shape index (κ3) is 2.97. The van der Waals surface area contributed by atoms with Crippen molar-refractivity contribution in [3.05, 3.63) is 46.5 Å². The molecule has 1 aromatic carbocycles. The van der Waals surface area contributed by atoms with Crippen molar-refractivity contribution in [1.82, 2.24) is 9.97 Å². The Bertz CT molecular complexity index is 604. The van der Waals surface area contributed by atoms with E-state index >= 15 is 0 Å². The predicted octanol–water partition coefficient (Wildman–Crippen LogP) is 2.37. The second kappa shape index (κ2) is 6.02. The van der Waals surface area contributed by atoms with Crippen LogP contribution in [0.3, 0.4) is 0 Å². The van der Waals surface area contributed by atoms with Crippen molar-refractivity contribution >= 4 is 11.6 Å². The summed E-state index contributed by atoms with van der Waals surface area (Å²) in [6, 6.07) is 3.76. The van der Waals surface area contributed by atoms with Crippen LogP contribution in [0.1, 0.15) is 17.4 Å². The van der Waals surface area contributed by atoms with Gasteiger partial charge in [-0.25, -0.2) is 9.37 Å². The number of aliphatic hydroxyl groups is 1. The van der Waals surface area contributed by atoms with Crippen LogP contribution in [-0.4, -0.2) is 29.3 Å². The van der Waals surface area contributed by atoms with Crippen molar-refractivity contribution in [2.75, 3.05) is 14.2 Å². The minimum absolute atomic E-state index is 0.0947. The van der Waals surface area contributed by atoms with Crippen LogP contribution in [0.25, 0.3) is 0 Å². The van der Waals surface area contributed by atoms with Crippen LogP contribution in [0.5, 0.6) is 11.8 Å². The van der Waals surface area contributed by atoms with Crippen molar-refractivity contribution in [2.45, 2.75) is 6.10 Å². The molecule has 1 unspecified atom stereocenters. The molecule has 0 saturated carbocycles. The minimum Gasteiger partial charge on any atom is -0.480 e. The Labute approximate surface area is 120 Å². The Morgan fingerprint density at radius 3 is 2.60 bits per heavy atom. The fourth-order valence-electron chi connectivity index (χ4n) is 1.69. The molecule has 5 nitrogen and oxygen atoms in total. The Morgan fingerprint density at radius 1 is 1.25 bits per heavy atom. The molecule has 2 rings (SSSR count). The van der Waals surface area contributed by atoms with Crippen LogP contribution < -0.4 is 9.47 Å². The third-order valence-corrected chi connectivity index (χ3v) is 2.83. The Kier molecular flexibility index (Phi) is 4.36. The molecule has 0 aliphatic heterocycles. The van der Waals surface area contributed by atoms with Crippen LogP contribution in [0.2, 0.25) is 5.02 Å². The van der Waals surface area contributed by atoms with Crippen LogP contribution >= 0.6 is 11.6 Å². The second-order valence-corrected chi connectivity index (χ2v) is 4.35. The summed E-state index contributed by atoms with van der Waals surface area (Å²) < 4.78 is 23.3. The van der Waals surface area contributed by atoms with Gasteiger partial charge in [0.15, 0.2) is 0 Å². The largest absolute Gasteiger partial charge is 0.480 e. The highest BCUT2D eigenvalue weighted by molar-refractivity contribution is 6.30. The quantitative estimate of drug-likeness (QED) is 0.939. The number of aliphatic hydroxyl groups excluding tert-OH is 1. The molecule has 0 bridgehead atoms. The van der Waals surface area contributed by atoms with Gasteiger partial charge in [-0.15, -0.1) is 0 Å². The maximum atomic E-state index is 13.3. The maximum absolute atomic E-state index is 13.3. The van der Waals surface area contributed by atoms with Gasteiger partial charge in [0.2, 0.25) is 11.8 Å². The molecule has 7 heteroatoms. The number of methoxy groups -OCH3 is 2. The summed E-state index contributed by atoms with van der Waals surface area (Å²) in [5, 5.41) is 10.4. The summed E-state index contributed by atoms with van der Waals surface area (Å²) in [5.41, 5.74) is 0.405. The zero-order valence-corrected chi connectivity index (χ0v) is 11.6. The lowest BCUT2D eigenvalue weighted by Crippen LogP contribution is -2.07. The molecule has 0 fully saturated rings. The summed E-state index contributed by atoms with van der Waals surface area (Å²) >= 11 is 5.76. The van der Waals surface area contributed by atoms with Crippen molar-refractivity contribution < 1.29 is 19.0 Å². The summed E-state index contributed by atoms with van der Waals surface area (Å²) in [6.45, 7) is 0. The summed E-state index contributed by atoms with van der Waals surface area (Å²) in [7, 11) is 2.82. The fraction of sp³-hybridized carbons (Fsp3) is 0.231. The zero-order valence-electron chi connectivity index (χ0n) is 10.8. The van der Waals surface area contributed by atoms with E-state index in [1.165, 1.54) is 32.5 Å². The van der Waals surface area contributed by atoms with E-state index in [1.807, 2.05) is 0 Å². The number of nitrogens with zero attached hydrogens (tertiary/aromatic N) is 2. The zero-order chi connectivity index (χ0) is 14.7.